The summed E-state index contributed by atoms with van der Waals surface area (Å²) in [7, 11) is 0. The molecule has 1 aliphatic carbocycles. The highest BCUT2D eigenvalue weighted by molar-refractivity contribution is 7.17. The Bertz CT molecular complexity index is 606. The van der Waals surface area contributed by atoms with Crippen LogP contribution < -0.4 is 0 Å². The molecule has 1 nitrogen and oxygen atoms in total. The number of rotatable bonds is 2. The monoisotopic (exact) mass is 256 g/mol. The first-order chi connectivity index (χ1) is 8.86. The number of hydrogen-bond donors (Lipinski definition) is 0. The van der Waals surface area contributed by atoms with Crippen LogP contribution in [0, 0.1) is 0 Å². The number of thiophene rings is 1. The van der Waals surface area contributed by atoms with E-state index in [1.807, 2.05) is 12.1 Å². The largest absolute Gasteiger partial charge is 0.289 e. The number of hydrogen-bond acceptors (Lipinski definition) is 2. The average Bonchev–Trinajstić information content (AvgIpc) is 2.71. The fraction of sp³-hybridized carbons (Fsp3) is 0.312. The van der Waals surface area contributed by atoms with Crippen molar-refractivity contribution in [2.75, 3.05) is 0 Å². The fourth-order valence-electron chi connectivity index (χ4n) is 2.57. The predicted octanol–water partition coefficient (Wildman–Crippen LogP) is 4.97. The standard InChI is InChI=1S/C16H16OS/c17-15(12-6-3-1-2-4-7-12)14-9-5-8-13-10-11-18-16(13)14/h5-6,8-11H,1-4,7H2. The zero-order valence-corrected chi connectivity index (χ0v) is 11.1. The second-order valence-corrected chi connectivity index (χ2v) is 5.72. The molecule has 0 spiro atoms. The molecule has 2 aromatic rings. The SMILES string of the molecule is O=C(C1=CCCCCC1)c1cccc2ccsc12. The Morgan fingerprint density at radius 2 is 2.06 bits per heavy atom. The molecule has 18 heavy (non-hydrogen) atoms. The molecule has 1 aromatic carbocycles. The minimum atomic E-state index is 0.241. The zero-order chi connectivity index (χ0) is 12.4. The zero-order valence-electron chi connectivity index (χ0n) is 10.3. The number of allylic oxidation sites excluding steroid dienone is 2. The van der Waals surface area contributed by atoms with Crippen molar-refractivity contribution in [3.05, 3.63) is 46.9 Å². The van der Waals surface area contributed by atoms with Crippen molar-refractivity contribution in [2.45, 2.75) is 32.1 Å². The fourth-order valence-corrected chi connectivity index (χ4v) is 3.48. The van der Waals surface area contributed by atoms with E-state index < -0.39 is 0 Å². The van der Waals surface area contributed by atoms with E-state index in [2.05, 4.69) is 23.6 Å². The molecule has 0 unspecified atom stereocenters. The Balaban J connectivity index is 2.01. The van der Waals surface area contributed by atoms with Crippen LogP contribution in [0.5, 0.6) is 0 Å². The van der Waals surface area contributed by atoms with Crippen LogP contribution in [0.1, 0.15) is 42.5 Å². The van der Waals surface area contributed by atoms with Crippen LogP contribution in [0.2, 0.25) is 0 Å². The molecular weight excluding hydrogens is 240 g/mol. The van der Waals surface area contributed by atoms with E-state index in [1.54, 1.807) is 11.3 Å². The molecule has 1 heterocycles. The van der Waals surface area contributed by atoms with Gasteiger partial charge in [-0.1, -0.05) is 24.6 Å². The van der Waals surface area contributed by atoms with Gasteiger partial charge in [-0.25, -0.2) is 0 Å². The summed E-state index contributed by atoms with van der Waals surface area (Å²) in [5, 5.41) is 3.24. The molecule has 2 heteroatoms. The minimum Gasteiger partial charge on any atom is -0.289 e. The molecule has 0 atom stereocenters. The number of fused-ring (bicyclic) bond motifs is 1. The lowest BCUT2D eigenvalue weighted by atomic mass is 9.99. The van der Waals surface area contributed by atoms with Crippen LogP contribution >= 0.6 is 11.3 Å². The molecule has 0 aliphatic heterocycles. The third-order valence-electron chi connectivity index (χ3n) is 3.56. The average molecular weight is 256 g/mol. The molecule has 0 N–H and O–H groups in total. The molecule has 3 rings (SSSR count). The van der Waals surface area contributed by atoms with E-state index in [0.29, 0.717) is 0 Å². The second-order valence-electron chi connectivity index (χ2n) is 4.80. The minimum absolute atomic E-state index is 0.241. The first kappa shape index (κ1) is 11.7. The number of ketones is 1. The highest BCUT2D eigenvalue weighted by atomic mass is 32.1. The van der Waals surface area contributed by atoms with E-state index in [4.69, 9.17) is 0 Å². The van der Waals surface area contributed by atoms with Crippen LogP contribution in [0.3, 0.4) is 0 Å². The van der Waals surface area contributed by atoms with E-state index in [1.165, 1.54) is 18.2 Å². The maximum Gasteiger partial charge on any atom is 0.190 e. The van der Waals surface area contributed by atoms with Crippen molar-refractivity contribution < 1.29 is 4.79 Å². The smallest absolute Gasteiger partial charge is 0.190 e. The van der Waals surface area contributed by atoms with Crippen molar-refractivity contribution >= 4 is 27.2 Å². The van der Waals surface area contributed by atoms with Crippen LogP contribution in [0.4, 0.5) is 0 Å². The van der Waals surface area contributed by atoms with Gasteiger partial charge in [0.05, 0.1) is 0 Å². The van der Waals surface area contributed by atoms with Gasteiger partial charge in [-0.2, -0.15) is 0 Å². The normalized spacial score (nSPS) is 16.3. The molecule has 92 valence electrons. The summed E-state index contributed by atoms with van der Waals surface area (Å²) in [6.45, 7) is 0. The van der Waals surface area contributed by atoms with Crippen molar-refractivity contribution in [3.8, 4) is 0 Å². The maximum absolute atomic E-state index is 12.6. The predicted molar refractivity (Wildman–Crippen MR) is 77.3 cm³/mol. The number of carbonyl (C=O) groups excluding carboxylic acids is 1. The first-order valence-electron chi connectivity index (χ1n) is 6.56. The topological polar surface area (TPSA) is 17.1 Å². The van der Waals surface area contributed by atoms with Gasteiger partial charge in [0.15, 0.2) is 5.78 Å². The highest BCUT2D eigenvalue weighted by Gasteiger charge is 2.16. The lowest BCUT2D eigenvalue weighted by Crippen LogP contribution is -2.03. The quantitative estimate of drug-likeness (QED) is 0.693. The Labute approximate surface area is 111 Å². The molecule has 1 aromatic heterocycles. The van der Waals surface area contributed by atoms with Gasteiger partial charge in [0.25, 0.3) is 0 Å². The van der Waals surface area contributed by atoms with Crippen molar-refractivity contribution in [1.82, 2.24) is 0 Å². The van der Waals surface area contributed by atoms with Gasteiger partial charge in [-0.15, -0.1) is 11.3 Å². The van der Waals surface area contributed by atoms with Gasteiger partial charge in [0, 0.05) is 10.3 Å². The molecule has 0 amide bonds. The van der Waals surface area contributed by atoms with Gasteiger partial charge in [-0.3, -0.25) is 4.79 Å². The molecule has 1 aliphatic rings. The van der Waals surface area contributed by atoms with Gasteiger partial charge in [0.2, 0.25) is 0 Å². The second kappa shape index (κ2) is 5.07. The van der Waals surface area contributed by atoms with E-state index in [-0.39, 0.29) is 5.78 Å². The third kappa shape index (κ3) is 2.13. The van der Waals surface area contributed by atoms with Crippen molar-refractivity contribution in [1.29, 1.82) is 0 Å². The van der Waals surface area contributed by atoms with Crippen LogP contribution in [-0.4, -0.2) is 5.78 Å². The van der Waals surface area contributed by atoms with Gasteiger partial charge < -0.3 is 0 Å². The van der Waals surface area contributed by atoms with Gasteiger partial charge in [-0.05, 0) is 54.2 Å². The third-order valence-corrected chi connectivity index (χ3v) is 4.52. The van der Waals surface area contributed by atoms with Crippen LogP contribution in [0.25, 0.3) is 10.1 Å². The Kier molecular flexibility index (Phi) is 3.28. The van der Waals surface area contributed by atoms with E-state index in [0.717, 1.165) is 35.1 Å². The maximum atomic E-state index is 12.6. The molecule has 0 fully saturated rings. The first-order valence-corrected chi connectivity index (χ1v) is 7.44. The summed E-state index contributed by atoms with van der Waals surface area (Å²) in [6, 6.07) is 8.11. The summed E-state index contributed by atoms with van der Waals surface area (Å²) in [5.41, 5.74) is 1.91. The lowest BCUT2D eigenvalue weighted by Gasteiger charge is -2.05. The molecular formula is C16H16OS. The number of Topliss-reactive ketones (excluding diaryl/α,β-unsaturated/α-hetero) is 1. The highest BCUT2D eigenvalue weighted by Crippen LogP contribution is 2.28. The van der Waals surface area contributed by atoms with E-state index >= 15 is 0 Å². The molecule has 0 saturated carbocycles. The lowest BCUT2D eigenvalue weighted by molar-refractivity contribution is 0.103. The van der Waals surface area contributed by atoms with Crippen LogP contribution in [-0.2, 0) is 0 Å². The van der Waals surface area contributed by atoms with E-state index in [9.17, 15) is 4.79 Å². The molecule has 0 radical (unpaired) electrons. The van der Waals surface area contributed by atoms with Crippen molar-refractivity contribution in [3.63, 3.8) is 0 Å². The Hall–Kier alpha value is -1.41. The van der Waals surface area contributed by atoms with Crippen molar-refractivity contribution in [2.24, 2.45) is 0 Å². The van der Waals surface area contributed by atoms with Gasteiger partial charge in [0.1, 0.15) is 0 Å². The molecule has 0 bridgehead atoms. The number of benzene rings is 1. The summed E-state index contributed by atoms with van der Waals surface area (Å²) in [5.74, 6) is 0.241. The summed E-state index contributed by atoms with van der Waals surface area (Å²) >= 11 is 1.66. The van der Waals surface area contributed by atoms with Crippen LogP contribution in [0.15, 0.2) is 41.3 Å². The Morgan fingerprint density at radius 1 is 1.11 bits per heavy atom. The molecule has 0 saturated heterocycles. The Morgan fingerprint density at radius 3 is 3.00 bits per heavy atom. The summed E-state index contributed by atoms with van der Waals surface area (Å²) < 4.78 is 1.13. The number of carbonyl (C=O) groups is 1. The summed E-state index contributed by atoms with van der Waals surface area (Å²) in [4.78, 5) is 12.6. The van der Waals surface area contributed by atoms with Gasteiger partial charge >= 0.3 is 0 Å². The summed E-state index contributed by atoms with van der Waals surface area (Å²) in [6.07, 6.45) is 7.78.